The molecule has 0 heterocycles. The normalized spacial score (nSPS) is 12.6. The van der Waals surface area contributed by atoms with E-state index in [1.54, 1.807) is 7.05 Å². The standard InChI is InChI=1S/C14H24N4.HI/c1-11(2)13(10-17-14(15-3)16-4)18-12-8-6-5-7-9-12;/h5-9,11,13,18H,10H2,1-4H3,(H2,15,16,17);1H. The molecular formula is C14H25IN4. The van der Waals surface area contributed by atoms with Gasteiger partial charge in [0.05, 0.1) is 0 Å². The largest absolute Gasteiger partial charge is 0.380 e. The Balaban J connectivity index is 0.00000324. The SMILES string of the molecule is CN=C(NC)NCC(Nc1ccccc1)C(C)C.I. The van der Waals surface area contributed by atoms with Crippen molar-refractivity contribution in [1.82, 2.24) is 10.6 Å². The van der Waals surface area contributed by atoms with Crippen LogP contribution in [-0.2, 0) is 0 Å². The molecule has 1 rings (SSSR count). The average Bonchev–Trinajstić information content (AvgIpc) is 2.39. The number of nitrogens with zero attached hydrogens (tertiary/aromatic N) is 1. The molecule has 108 valence electrons. The molecule has 1 atom stereocenters. The minimum Gasteiger partial charge on any atom is -0.380 e. The Morgan fingerprint density at radius 3 is 2.32 bits per heavy atom. The molecule has 0 spiro atoms. The highest BCUT2D eigenvalue weighted by Gasteiger charge is 2.13. The van der Waals surface area contributed by atoms with Crippen molar-refractivity contribution in [1.29, 1.82) is 0 Å². The van der Waals surface area contributed by atoms with Crippen LogP contribution in [0, 0.1) is 5.92 Å². The molecule has 0 aliphatic rings. The van der Waals surface area contributed by atoms with Crippen LogP contribution in [0.5, 0.6) is 0 Å². The Labute approximate surface area is 133 Å². The highest BCUT2D eigenvalue weighted by atomic mass is 127. The van der Waals surface area contributed by atoms with Crippen LogP contribution >= 0.6 is 24.0 Å². The highest BCUT2D eigenvalue weighted by Crippen LogP contribution is 2.11. The first-order chi connectivity index (χ1) is 8.67. The molecule has 0 aliphatic carbocycles. The molecule has 0 saturated carbocycles. The predicted octanol–water partition coefficient (Wildman–Crippen LogP) is 2.54. The third-order valence-electron chi connectivity index (χ3n) is 2.88. The average molecular weight is 376 g/mol. The predicted molar refractivity (Wildman–Crippen MR) is 94.5 cm³/mol. The van der Waals surface area contributed by atoms with E-state index in [2.05, 4.69) is 46.9 Å². The molecule has 0 amide bonds. The second kappa shape index (κ2) is 9.89. The van der Waals surface area contributed by atoms with E-state index in [1.807, 2.05) is 25.2 Å². The lowest BCUT2D eigenvalue weighted by Gasteiger charge is -2.24. The maximum Gasteiger partial charge on any atom is 0.190 e. The van der Waals surface area contributed by atoms with Crippen molar-refractivity contribution in [2.45, 2.75) is 19.9 Å². The van der Waals surface area contributed by atoms with Gasteiger partial charge in [0.1, 0.15) is 0 Å². The second-order valence-corrected chi connectivity index (χ2v) is 4.56. The van der Waals surface area contributed by atoms with E-state index in [9.17, 15) is 0 Å². The van der Waals surface area contributed by atoms with E-state index in [4.69, 9.17) is 0 Å². The first-order valence-electron chi connectivity index (χ1n) is 6.37. The number of benzene rings is 1. The minimum atomic E-state index is 0. The summed E-state index contributed by atoms with van der Waals surface area (Å²) in [5, 5.41) is 9.85. The van der Waals surface area contributed by atoms with Gasteiger partial charge in [0.15, 0.2) is 5.96 Å². The zero-order chi connectivity index (χ0) is 13.4. The van der Waals surface area contributed by atoms with Crippen molar-refractivity contribution in [2.75, 3.05) is 26.0 Å². The smallest absolute Gasteiger partial charge is 0.190 e. The number of para-hydroxylation sites is 1. The van der Waals surface area contributed by atoms with Crippen LogP contribution in [0.1, 0.15) is 13.8 Å². The number of nitrogens with one attached hydrogen (secondary N) is 3. The second-order valence-electron chi connectivity index (χ2n) is 4.56. The third kappa shape index (κ3) is 6.66. The van der Waals surface area contributed by atoms with E-state index < -0.39 is 0 Å². The van der Waals surface area contributed by atoms with Gasteiger partial charge < -0.3 is 16.0 Å². The van der Waals surface area contributed by atoms with Gasteiger partial charge in [-0.2, -0.15) is 0 Å². The zero-order valence-electron chi connectivity index (χ0n) is 12.1. The van der Waals surface area contributed by atoms with Gasteiger partial charge in [-0.25, -0.2) is 0 Å². The van der Waals surface area contributed by atoms with Crippen LogP contribution in [0.2, 0.25) is 0 Å². The van der Waals surface area contributed by atoms with Gasteiger partial charge in [0.2, 0.25) is 0 Å². The van der Waals surface area contributed by atoms with Gasteiger partial charge in [0, 0.05) is 32.4 Å². The lowest BCUT2D eigenvalue weighted by molar-refractivity contribution is 0.513. The summed E-state index contributed by atoms with van der Waals surface area (Å²) in [6.07, 6.45) is 0. The summed E-state index contributed by atoms with van der Waals surface area (Å²) >= 11 is 0. The molecule has 19 heavy (non-hydrogen) atoms. The molecule has 4 nitrogen and oxygen atoms in total. The molecule has 0 radical (unpaired) electrons. The topological polar surface area (TPSA) is 48.5 Å². The van der Waals surface area contributed by atoms with Crippen LogP contribution in [0.15, 0.2) is 35.3 Å². The lowest BCUT2D eigenvalue weighted by Crippen LogP contribution is -2.43. The fraction of sp³-hybridized carbons (Fsp3) is 0.500. The van der Waals surface area contributed by atoms with Crippen molar-refractivity contribution in [3.8, 4) is 0 Å². The van der Waals surface area contributed by atoms with Crippen LogP contribution in [0.4, 0.5) is 5.69 Å². The summed E-state index contributed by atoms with van der Waals surface area (Å²) in [4.78, 5) is 4.11. The molecule has 0 aromatic heterocycles. The number of anilines is 1. The molecule has 5 heteroatoms. The molecule has 0 bridgehead atoms. The monoisotopic (exact) mass is 376 g/mol. The van der Waals surface area contributed by atoms with E-state index in [0.717, 1.165) is 18.2 Å². The number of rotatable bonds is 5. The number of guanidine groups is 1. The number of aliphatic imine (C=N–C) groups is 1. The quantitative estimate of drug-likeness (QED) is 0.421. The molecule has 0 fully saturated rings. The van der Waals surface area contributed by atoms with Gasteiger partial charge in [-0.15, -0.1) is 24.0 Å². The maximum absolute atomic E-state index is 4.11. The fourth-order valence-electron chi connectivity index (χ4n) is 1.69. The van der Waals surface area contributed by atoms with Crippen molar-refractivity contribution < 1.29 is 0 Å². The van der Waals surface area contributed by atoms with E-state index in [0.29, 0.717) is 12.0 Å². The number of hydrogen-bond acceptors (Lipinski definition) is 2. The summed E-state index contributed by atoms with van der Waals surface area (Å²) in [7, 11) is 3.64. The Kier molecular flexibility index (Phi) is 9.38. The van der Waals surface area contributed by atoms with Crippen LogP contribution in [0.25, 0.3) is 0 Å². The maximum atomic E-state index is 4.11. The van der Waals surface area contributed by atoms with Gasteiger partial charge in [-0.1, -0.05) is 32.0 Å². The van der Waals surface area contributed by atoms with Crippen molar-refractivity contribution in [2.24, 2.45) is 10.9 Å². The summed E-state index contributed by atoms with van der Waals surface area (Å²) in [5.74, 6) is 1.35. The van der Waals surface area contributed by atoms with Crippen LogP contribution < -0.4 is 16.0 Å². The number of halogens is 1. The van der Waals surface area contributed by atoms with Crippen molar-refractivity contribution in [3.63, 3.8) is 0 Å². The zero-order valence-corrected chi connectivity index (χ0v) is 14.4. The Hall–Kier alpha value is -0.980. The summed E-state index contributed by atoms with van der Waals surface area (Å²) in [6, 6.07) is 10.6. The molecule has 0 aliphatic heterocycles. The molecule has 0 saturated heterocycles. The van der Waals surface area contributed by atoms with Gasteiger partial charge in [0.25, 0.3) is 0 Å². The van der Waals surface area contributed by atoms with Crippen LogP contribution in [0.3, 0.4) is 0 Å². The van der Waals surface area contributed by atoms with Gasteiger partial charge >= 0.3 is 0 Å². The summed E-state index contributed by atoms with van der Waals surface area (Å²) < 4.78 is 0. The summed E-state index contributed by atoms with van der Waals surface area (Å²) in [5.41, 5.74) is 1.15. The Morgan fingerprint density at radius 2 is 1.84 bits per heavy atom. The van der Waals surface area contributed by atoms with Gasteiger partial charge in [-0.3, -0.25) is 4.99 Å². The highest BCUT2D eigenvalue weighted by molar-refractivity contribution is 14.0. The third-order valence-corrected chi connectivity index (χ3v) is 2.88. The Morgan fingerprint density at radius 1 is 1.21 bits per heavy atom. The molecule has 1 unspecified atom stereocenters. The minimum absolute atomic E-state index is 0. The molecule has 1 aromatic rings. The Bertz CT molecular complexity index is 365. The van der Waals surface area contributed by atoms with E-state index in [1.165, 1.54) is 0 Å². The molecule has 1 aromatic carbocycles. The molecule has 3 N–H and O–H groups in total. The summed E-state index contributed by atoms with van der Waals surface area (Å²) in [6.45, 7) is 5.26. The van der Waals surface area contributed by atoms with Gasteiger partial charge in [-0.05, 0) is 18.1 Å². The first kappa shape index (κ1) is 18.0. The van der Waals surface area contributed by atoms with E-state index in [-0.39, 0.29) is 24.0 Å². The molecular weight excluding hydrogens is 351 g/mol. The fourth-order valence-corrected chi connectivity index (χ4v) is 1.69. The number of hydrogen-bond donors (Lipinski definition) is 3. The van der Waals surface area contributed by atoms with Crippen molar-refractivity contribution in [3.05, 3.63) is 30.3 Å². The lowest BCUT2D eigenvalue weighted by atomic mass is 10.0. The first-order valence-corrected chi connectivity index (χ1v) is 6.37. The van der Waals surface area contributed by atoms with E-state index >= 15 is 0 Å². The van der Waals surface area contributed by atoms with Crippen LogP contribution in [-0.4, -0.2) is 32.6 Å². The van der Waals surface area contributed by atoms with Crippen molar-refractivity contribution >= 4 is 35.6 Å².